The number of urea groups is 1. The van der Waals surface area contributed by atoms with E-state index >= 15 is 0 Å². The number of ether oxygens (including phenoxy) is 2. The number of carbonyl (C=O) groups excluding carboxylic acids is 2. The molecule has 2 atom stereocenters. The summed E-state index contributed by atoms with van der Waals surface area (Å²) in [6.07, 6.45) is -7.56. The van der Waals surface area contributed by atoms with Gasteiger partial charge in [0, 0.05) is 26.2 Å². The molecule has 1 N–H and O–H groups in total. The lowest BCUT2D eigenvalue weighted by atomic mass is 9.89. The number of alkyl halides is 6. The molecular formula is C23H27F6N3O4. The number of piperidine rings is 2. The van der Waals surface area contributed by atoms with Gasteiger partial charge in [0.2, 0.25) is 5.91 Å². The highest BCUT2D eigenvalue weighted by molar-refractivity contribution is 5.79. The molecule has 4 rings (SSSR count). The molecule has 200 valence electrons. The number of benzene rings is 1. The molecule has 3 heterocycles. The second kappa shape index (κ2) is 10.3. The van der Waals surface area contributed by atoms with Crippen molar-refractivity contribution in [3.8, 4) is 5.75 Å². The van der Waals surface area contributed by atoms with Gasteiger partial charge in [0.1, 0.15) is 12.4 Å². The summed E-state index contributed by atoms with van der Waals surface area (Å²) in [4.78, 5) is 28.0. The van der Waals surface area contributed by atoms with Gasteiger partial charge in [0.15, 0.2) is 6.61 Å². The number of morpholine rings is 1. The topological polar surface area (TPSA) is 71.1 Å². The van der Waals surface area contributed by atoms with Gasteiger partial charge in [-0.3, -0.25) is 4.79 Å². The molecule has 13 heteroatoms. The summed E-state index contributed by atoms with van der Waals surface area (Å²) >= 11 is 0. The van der Waals surface area contributed by atoms with Gasteiger partial charge >= 0.3 is 18.4 Å². The monoisotopic (exact) mass is 523 g/mol. The molecule has 3 saturated heterocycles. The molecule has 3 amide bonds. The second-order valence-electron chi connectivity index (χ2n) is 9.40. The minimum absolute atomic E-state index is 0.0184. The average molecular weight is 523 g/mol. The summed E-state index contributed by atoms with van der Waals surface area (Å²) in [6.45, 7) is 0.0104. The van der Waals surface area contributed by atoms with Gasteiger partial charge in [-0.1, -0.05) is 6.07 Å². The Morgan fingerprint density at radius 1 is 1.06 bits per heavy atom. The highest BCUT2D eigenvalue weighted by atomic mass is 19.4. The number of fused-ring (bicyclic) bond motifs is 1. The fourth-order valence-electron chi connectivity index (χ4n) is 4.91. The van der Waals surface area contributed by atoms with Crippen LogP contribution in [0.15, 0.2) is 18.2 Å². The zero-order valence-electron chi connectivity index (χ0n) is 19.3. The molecule has 0 bridgehead atoms. The van der Waals surface area contributed by atoms with Crippen LogP contribution in [0.25, 0.3) is 0 Å². The molecule has 1 aromatic carbocycles. The van der Waals surface area contributed by atoms with Crippen LogP contribution in [0.2, 0.25) is 0 Å². The predicted octanol–water partition coefficient (Wildman–Crippen LogP) is 3.61. The number of hydrogen-bond acceptors (Lipinski definition) is 4. The van der Waals surface area contributed by atoms with Crippen molar-refractivity contribution in [3.63, 3.8) is 0 Å². The Balaban J connectivity index is 1.34. The summed E-state index contributed by atoms with van der Waals surface area (Å²) in [7, 11) is 0. The van der Waals surface area contributed by atoms with Crippen molar-refractivity contribution in [3.05, 3.63) is 29.3 Å². The lowest BCUT2D eigenvalue weighted by Crippen LogP contribution is -2.62. The third kappa shape index (κ3) is 6.54. The summed E-state index contributed by atoms with van der Waals surface area (Å²) < 4.78 is 87.3. The van der Waals surface area contributed by atoms with Crippen molar-refractivity contribution in [2.24, 2.45) is 5.92 Å². The fraction of sp³-hybridized carbons (Fsp3) is 0.652. The molecule has 3 fully saturated rings. The number of rotatable bonds is 4. The molecule has 7 nitrogen and oxygen atoms in total. The van der Waals surface area contributed by atoms with Crippen LogP contribution < -0.4 is 10.1 Å². The summed E-state index contributed by atoms with van der Waals surface area (Å²) in [5.41, 5.74) is -0.806. The van der Waals surface area contributed by atoms with Gasteiger partial charge in [-0.15, -0.1) is 0 Å². The third-order valence-electron chi connectivity index (χ3n) is 6.77. The van der Waals surface area contributed by atoms with Gasteiger partial charge in [-0.05, 0) is 49.3 Å². The quantitative estimate of drug-likeness (QED) is 0.613. The first-order valence-corrected chi connectivity index (χ1v) is 11.7. The van der Waals surface area contributed by atoms with Crippen molar-refractivity contribution in [1.82, 2.24) is 15.1 Å². The van der Waals surface area contributed by atoms with E-state index in [9.17, 15) is 35.9 Å². The fourth-order valence-corrected chi connectivity index (χ4v) is 4.91. The van der Waals surface area contributed by atoms with Gasteiger partial charge in [0.05, 0.1) is 17.7 Å². The number of nitrogens with zero attached hydrogens (tertiary/aromatic N) is 2. The Morgan fingerprint density at radius 2 is 1.75 bits per heavy atom. The number of likely N-dealkylation sites (tertiary alicyclic amines) is 2. The van der Waals surface area contributed by atoms with Crippen LogP contribution in [0.5, 0.6) is 5.75 Å². The normalized spacial score (nSPS) is 23.8. The Bertz CT molecular complexity index is 962. The predicted molar refractivity (Wildman–Crippen MR) is 114 cm³/mol. The molecule has 3 aliphatic heterocycles. The van der Waals surface area contributed by atoms with Crippen LogP contribution in [0.4, 0.5) is 31.1 Å². The largest absolute Gasteiger partial charge is 0.484 e. The molecule has 1 aromatic rings. The molecule has 0 aliphatic carbocycles. The minimum atomic E-state index is -4.71. The summed E-state index contributed by atoms with van der Waals surface area (Å²) in [5, 5.41) is 2.85. The molecule has 36 heavy (non-hydrogen) atoms. The maximum Gasteiger partial charge on any atom is 0.422 e. The Labute approximate surface area is 203 Å². The van der Waals surface area contributed by atoms with Crippen LogP contribution in [0.3, 0.4) is 0 Å². The van der Waals surface area contributed by atoms with E-state index in [1.54, 1.807) is 9.80 Å². The first kappa shape index (κ1) is 26.4. The first-order chi connectivity index (χ1) is 16.9. The van der Waals surface area contributed by atoms with Gasteiger partial charge in [0.25, 0.3) is 0 Å². The van der Waals surface area contributed by atoms with E-state index in [2.05, 4.69) is 5.32 Å². The standard InChI is InChI=1S/C23H27F6N3O4/c24-22(25,26)13-36-19-10-16(23(27,28)29)2-1-15(19)9-14-3-6-31(7-4-14)21(34)32-8-5-18-17(11-32)30-20(33)12-35-18/h1-2,10,14,17-18H,3-9,11-13H2,(H,30,33)/t17-,18+/m1/s1. The SMILES string of the molecule is O=C1CO[C@H]2CCN(C(=O)N3CCC(Cc4ccc(C(F)(F)F)cc4OCC(F)(F)F)CC3)C[C@H]2N1. The molecule has 0 unspecified atom stereocenters. The van der Waals surface area contributed by atoms with Gasteiger partial charge in [-0.2, -0.15) is 26.3 Å². The Hall–Kier alpha value is -2.70. The van der Waals surface area contributed by atoms with E-state index in [1.165, 1.54) is 0 Å². The van der Waals surface area contributed by atoms with Crippen LogP contribution in [0, 0.1) is 5.92 Å². The van der Waals surface area contributed by atoms with Crippen LogP contribution >= 0.6 is 0 Å². The molecular weight excluding hydrogens is 496 g/mol. The van der Waals surface area contributed by atoms with Crippen LogP contribution in [0.1, 0.15) is 30.4 Å². The maximum atomic E-state index is 13.1. The van der Waals surface area contributed by atoms with E-state index in [1.807, 2.05) is 0 Å². The van der Waals surface area contributed by atoms with E-state index < -0.39 is 30.3 Å². The number of nitrogens with one attached hydrogen (secondary N) is 1. The van der Waals surface area contributed by atoms with E-state index in [4.69, 9.17) is 9.47 Å². The smallest absolute Gasteiger partial charge is 0.422 e. The molecule has 0 saturated carbocycles. The number of hydrogen-bond donors (Lipinski definition) is 1. The van der Waals surface area contributed by atoms with Crippen LogP contribution in [-0.4, -0.2) is 79.5 Å². The van der Waals surface area contributed by atoms with Gasteiger partial charge in [-0.25, -0.2) is 4.79 Å². The Kier molecular flexibility index (Phi) is 7.58. The van der Waals surface area contributed by atoms with E-state index in [0.717, 1.165) is 12.1 Å². The lowest BCUT2D eigenvalue weighted by Gasteiger charge is -2.43. The van der Waals surface area contributed by atoms with Crippen molar-refractivity contribution < 1.29 is 45.4 Å². The zero-order chi connectivity index (χ0) is 26.1. The Morgan fingerprint density at radius 3 is 2.42 bits per heavy atom. The lowest BCUT2D eigenvalue weighted by molar-refractivity contribution is -0.153. The van der Waals surface area contributed by atoms with E-state index in [0.29, 0.717) is 51.5 Å². The average Bonchev–Trinajstić information content (AvgIpc) is 2.81. The number of carbonyl (C=O) groups is 2. The second-order valence-corrected chi connectivity index (χ2v) is 9.40. The van der Waals surface area contributed by atoms with E-state index in [-0.39, 0.29) is 48.6 Å². The molecule has 0 spiro atoms. The van der Waals surface area contributed by atoms with Crippen molar-refractivity contribution in [1.29, 1.82) is 0 Å². The maximum absolute atomic E-state index is 13.1. The molecule has 0 radical (unpaired) electrons. The van der Waals surface area contributed by atoms with Crippen molar-refractivity contribution in [2.45, 2.75) is 50.2 Å². The number of halogens is 6. The number of amides is 3. The minimum Gasteiger partial charge on any atom is -0.484 e. The van der Waals surface area contributed by atoms with Crippen molar-refractivity contribution >= 4 is 11.9 Å². The molecule has 0 aromatic heterocycles. The van der Waals surface area contributed by atoms with Crippen molar-refractivity contribution in [2.75, 3.05) is 39.4 Å². The first-order valence-electron chi connectivity index (χ1n) is 11.7. The summed E-state index contributed by atoms with van der Waals surface area (Å²) in [5.74, 6) is -0.677. The highest BCUT2D eigenvalue weighted by Crippen LogP contribution is 2.35. The summed E-state index contributed by atoms with van der Waals surface area (Å²) in [6, 6.07) is 2.20. The highest BCUT2D eigenvalue weighted by Gasteiger charge is 2.38. The molecule has 3 aliphatic rings. The zero-order valence-corrected chi connectivity index (χ0v) is 19.3. The van der Waals surface area contributed by atoms with Gasteiger partial charge < -0.3 is 24.6 Å². The van der Waals surface area contributed by atoms with Crippen LogP contribution in [-0.2, 0) is 22.1 Å². The third-order valence-corrected chi connectivity index (χ3v) is 6.77.